The fraction of sp³-hybridized carbons (Fsp3) is 0.214. The number of anilines is 2. The topological polar surface area (TPSA) is 130 Å². The maximum Gasteiger partial charge on any atom is 0.277 e. The molecule has 122 valence electrons. The van der Waals surface area contributed by atoms with Crippen molar-refractivity contribution < 1.29 is 14.6 Å². The first-order valence-electron chi connectivity index (χ1n) is 6.64. The van der Waals surface area contributed by atoms with Gasteiger partial charge in [-0.25, -0.2) is 4.98 Å². The Bertz CT molecular complexity index is 745. The third kappa shape index (κ3) is 4.24. The molecule has 2 aromatic rings. The van der Waals surface area contributed by atoms with Crippen LogP contribution >= 0.6 is 11.8 Å². The SMILES string of the molecule is COc1ccc(C(=O)Nc2c(N)nc(SCCO)[nH]c2=O)cc1. The van der Waals surface area contributed by atoms with Crippen molar-refractivity contribution in [2.24, 2.45) is 0 Å². The predicted octanol–water partition coefficient (Wildman–Crippen LogP) is 0.697. The summed E-state index contributed by atoms with van der Waals surface area (Å²) in [4.78, 5) is 30.6. The maximum atomic E-state index is 12.1. The molecule has 1 amide bonds. The molecule has 0 bridgehead atoms. The average molecular weight is 336 g/mol. The summed E-state index contributed by atoms with van der Waals surface area (Å²) in [6, 6.07) is 6.40. The number of carbonyl (C=O) groups is 1. The number of benzene rings is 1. The van der Waals surface area contributed by atoms with E-state index in [-0.39, 0.29) is 23.3 Å². The van der Waals surface area contributed by atoms with E-state index < -0.39 is 11.5 Å². The van der Waals surface area contributed by atoms with E-state index in [1.807, 2.05) is 0 Å². The van der Waals surface area contributed by atoms with Gasteiger partial charge in [-0.3, -0.25) is 14.6 Å². The van der Waals surface area contributed by atoms with Crippen LogP contribution < -0.4 is 21.3 Å². The lowest BCUT2D eigenvalue weighted by Crippen LogP contribution is -2.23. The van der Waals surface area contributed by atoms with Gasteiger partial charge < -0.3 is 20.9 Å². The highest BCUT2D eigenvalue weighted by molar-refractivity contribution is 7.99. The number of nitrogens with two attached hydrogens (primary N) is 1. The van der Waals surface area contributed by atoms with E-state index in [4.69, 9.17) is 15.6 Å². The number of ether oxygens (including phenoxy) is 1. The number of thioether (sulfide) groups is 1. The number of aliphatic hydroxyl groups is 1. The minimum Gasteiger partial charge on any atom is -0.497 e. The molecular formula is C14H16N4O4S. The molecule has 1 aromatic heterocycles. The zero-order valence-corrected chi connectivity index (χ0v) is 13.1. The smallest absolute Gasteiger partial charge is 0.277 e. The number of carbonyl (C=O) groups excluding carboxylic acids is 1. The fourth-order valence-corrected chi connectivity index (χ4v) is 2.34. The quantitative estimate of drug-likeness (QED) is 0.451. The molecule has 0 unspecified atom stereocenters. The van der Waals surface area contributed by atoms with Crippen LogP contribution in [0.3, 0.4) is 0 Å². The molecule has 1 aromatic carbocycles. The summed E-state index contributed by atoms with van der Waals surface area (Å²) < 4.78 is 5.01. The molecule has 23 heavy (non-hydrogen) atoms. The van der Waals surface area contributed by atoms with E-state index in [1.54, 1.807) is 24.3 Å². The second-order valence-corrected chi connectivity index (χ2v) is 5.47. The summed E-state index contributed by atoms with van der Waals surface area (Å²) in [5, 5.41) is 11.5. The number of rotatable bonds is 6. The predicted molar refractivity (Wildman–Crippen MR) is 88.0 cm³/mol. The molecule has 2 rings (SSSR count). The van der Waals surface area contributed by atoms with Gasteiger partial charge in [0.2, 0.25) is 0 Å². The van der Waals surface area contributed by atoms with Crippen LogP contribution in [0.25, 0.3) is 0 Å². The third-order valence-corrected chi connectivity index (χ3v) is 3.70. The summed E-state index contributed by atoms with van der Waals surface area (Å²) in [5.74, 6) is 0.421. The van der Waals surface area contributed by atoms with Gasteiger partial charge in [0.1, 0.15) is 11.4 Å². The van der Waals surface area contributed by atoms with Crippen molar-refractivity contribution in [3.8, 4) is 5.75 Å². The summed E-state index contributed by atoms with van der Waals surface area (Å²) in [6.07, 6.45) is 0. The zero-order chi connectivity index (χ0) is 16.8. The largest absolute Gasteiger partial charge is 0.497 e. The van der Waals surface area contributed by atoms with Crippen LogP contribution in [-0.4, -0.2) is 40.5 Å². The number of H-pyrrole nitrogens is 1. The van der Waals surface area contributed by atoms with Gasteiger partial charge in [-0.1, -0.05) is 11.8 Å². The monoisotopic (exact) mass is 336 g/mol. The van der Waals surface area contributed by atoms with Crippen molar-refractivity contribution in [1.82, 2.24) is 9.97 Å². The highest BCUT2D eigenvalue weighted by atomic mass is 32.2. The number of nitrogens with one attached hydrogen (secondary N) is 2. The second-order valence-electron chi connectivity index (χ2n) is 4.39. The molecule has 0 atom stereocenters. The van der Waals surface area contributed by atoms with Crippen LogP contribution in [0.4, 0.5) is 11.5 Å². The maximum absolute atomic E-state index is 12.1. The summed E-state index contributed by atoms with van der Waals surface area (Å²) in [5.41, 5.74) is 5.41. The number of methoxy groups -OCH3 is 1. The molecule has 0 fully saturated rings. The number of hydrogen-bond donors (Lipinski definition) is 4. The molecule has 0 spiro atoms. The Hall–Kier alpha value is -2.52. The molecule has 0 saturated carbocycles. The molecule has 0 aliphatic carbocycles. The molecule has 0 radical (unpaired) electrons. The van der Waals surface area contributed by atoms with E-state index in [0.717, 1.165) is 11.8 Å². The Morgan fingerprint density at radius 2 is 2.13 bits per heavy atom. The lowest BCUT2D eigenvalue weighted by Gasteiger charge is -2.08. The number of nitrogen functional groups attached to an aromatic ring is 1. The molecule has 0 aliphatic heterocycles. The van der Waals surface area contributed by atoms with Crippen molar-refractivity contribution in [1.29, 1.82) is 0 Å². The molecule has 5 N–H and O–H groups in total. The number of amides is 1. The molecule has 1 heterocycles. The third-order valence-electron chi connectivity index (χ3n) is 2.85. The Kier molecular flexibility index (Phi) is 5.61. The molecule has 0 aliphatic rings. The first-order chi connectivity index (χ1) is 11.0. The highest BCUT2D eigenvalue weighted by Gasteiger charge is 2.14. The van der Waals surface area contributed by atoms with Gasteiger partial charge in [0.15, 0.2) is 11.0 Å². The normalized spacial score (nSPS) is 10.3. The number of aromatic amines is 1. The molecule has 8 nitrogen and oxygen atoms in total. The van der Waals surface area contributed by atoms with Gasteiger partial charge in [0.25, 0.3) is 11.5 Å². The lowest BCUT2D eigenvalue weighted by molar-refractivity contribution is 0.102. The van der Waals surface area contributed by atoms with Gasteiger partial charge in [0.05, 0.1) is 13.7 Å². The highest BCUT2D eigenvalue weighted by Crippen LogP contribution is 2.17. The molecular weight excluding hydrogens is 320 g/mol. The summed E-state index contributed by atoms with van der Waals surface area (Å²) in [7, 11) is 1.53. The van der Waals surface area contributed by atoms with Crippen LogP contribution in [-0.2, 0) is 0 Å². The van der Waals surface area contributed by atoms with Crippen LogP contribution in [0.5, 0.6) is 5.75 Å². The number of aliphatic hydroxyl groups excluding tert-OH is 1. The van der Waals surface area contributed by atoms with Crippen LogP contribution in [0.2, 0.25) is 0 Å². The standard InChI is InChI=1S/C14H16N4O4S/c1-22-9-4-2-8(3-5-9)12(20)16-10-11(15)17-14(18-13(10)21)23-7-6-19/h2-5,19H,6-7H2,1H3,(H,16,20)(H3,15,17,18,21). The summed E-state index contributed by atoms with van der Waals surface area (Å²) in [6.45, 7) is -0.0514. The first-order valence-corrected chi connectivity index (χ1v) is 7.62. The Balaban J connectivity index is 2.18. The molecule has 0 saturated heterocycles. The Morgan fingerprint density at radius 3 is 2.70 bits per heavy atom. The minimum atomic E-state index is -0.556. The van der Waals surface area contributed by atoms with Gasteiger partial charge in [0, 0.05) is 11.3 Å². The van der Waals surface area contributed by atoms with Crippen LogP contribution in [0.1, 0.15) is 10.4 Å². The van der Waals surface area contributed by atoms with Gasteiger partial charge >= 0.3 is 0 Å². The van der Waals surface area contributed by atoms with Gasteiger partial charge in [-0.15, -0.1) is 0 Å². The van der Waals surface area contributed by atoms with Crippen LogP contribution in [0.15, 0.2) is 34.2 Å². The first kappa shape index (κ1) is 16.8. The second kappa shape index (κ2) is 7.65. The lowest BCUT2D eigenvalue weighted by atomic mass is 10.2. The van der Waals surface area contributed by atoms with Crippen LogP contribution in [0, 0.1) is 0 Å². The van der Waals surface area contributed by atoms with Crippen molar-refractivity contribution in [3.63, 3.8) is 0 Å². The van der Waals surface area contributed by atoms with Gasteiger partial charge in [-0.2, -0.15) is 0 Å². The van der Waals surface area contributed by atoms with E-state index in [1.165, 1.54) is 7.11 Å². The van der Waals surface area contributed by atoms with Crippen molar-refractivity contribution in [2.45, 2.75) is 5.16 Å². The number of aromatic nitrogens is 2. The average Bonchev–Trinajstić information content (AvgIpc) is 2.56. The van der Waals surface area contributed by atoms with E-state index >= 15 is 0 Å². The van der Waals surface area contributed by atoms with E-state index in [9.17, 15) is 9.59 Å². The van der Waals surface area contributed by atoms with Crippen molar-refractivity contribution in [3.05, 3.63) is 40.2 Å². The van der Waals surface area contributed by atoms with Crippen molar-refractivity contribution >= 4 is 29.2 Å². The zero-order valence-electron chi connectivity index (χ0n) is 12.3. The fourth-order valence-electron chi connectivity index (χ4n) is 1.73. The Morgan fingerprint density at radius 1 is 1.43 bits per heavy atom. The summed E-state index contributed by atoms with van der Waals surface area (Å²) >= 11 is 1.15. The molecule has 9 heteroatoms. The number of nitrogens with zero attached hydrogens (tertiary/aromatic N) is 1. The van der Waals surface area contributed by atoms with Gasteiger partial charge in [-0.05, 0) is 24.3 Å². The Labute approximate surface area is 136 Å². The minimum absolute atomic E-state index is 0.0514. The number of hydrogen-bond acceptors (Lipinski definition) is 7. The van der Waals surface area contributed by atoms with E-state index in [0.29, 0.717) is 17.1 Å². The van der Waals surface area contributed by atoms with E-state index in [2.05, 4.69) is 15.3 Å². The van der Waals surface area contributed by atoms with Crippen molar-refractivity contribution in [2.75, 3.05) is 30.5 Å².